The average Bonchev–Trinajstić information content (AvgIpc) is 2.33. The first-order valence-electron chi connectivity index (χ1n) is 5.33. The van der Waals surface area contributed by atoms with E-state index in [9.17, 15) is 0 Å². The second kappa shape index (κ2) is 4.79. The van der Waals surface area contributed by atoms with E-state index in [4.69, 9.17) is 4.74 Å². The predicted molar refractivity (Wildman–Crippen MR) is 64.8 cm³/mol. The molecule has 0 saturated carbocycles. The number of aryl methyl sites for hydroxylation is 1. The number of para-hydroxylation sites is 1. The van der Waals surface area contributed by atoms with Crippen LogP contribution in [0.15, 0.2) is 42.6 Å². The fraction of sp³-hybridized carbons (Fsp3) is 0.214. The molecule has 2 aromatic rings. The van der Waals surface area contributed by atoms with Gasteiger partial charge in [-0.15, -0.1) is 0 Å². The van der Waals surface area contributed by atoms with Gasteiger partial charge in [-0.1, -0.05) is 24.3 Å². The van der Waals surface area contributed by atoms with Gasteiger partial charge in [0.05, 0.1) is 7.11 Å². The van der Waals surface area contributed by atoms with Crippen molar-refractivity contribution in [1.29, 1.82) is 0 Å². The number of methoxy groups -OCH3 is 1. The lowest BCUT2D eigenvalue weighted by Crippen LogP contribution is -1.95. The van der Waals surface area contributed by atoms with E-state index in [0.717, 1.165) is 17.9 Å². The second-order valence-electron chi connectivity index (χ2n) is 3.82. The summed E-state index contributed by atoms with van der Waals surface area (Å²) in [7, 11) is 1.70. The maximum absolute atomic E-state index is 5.31. The van der Waals surface area contributed by atoms with Gasteiger partial charge in [0.1, 0.15) is 5.75 Å². The third-order valence-corrected chi connectivity index (χ3v) is 2.54. The topological polar surface area (TPSA) is 22.1 Å². The molecule has 0 amide bonds. The zero-order valence-corrected chi connectivity index (χ0v) is 9.60. The lowest BCUT2D eigenvalue weighted by atomic mass is 10.1. The van der Waals surface area contributed by atoms with Crippen molar-refractivity contribution in [3.8, 4) is 5.75 Å². The normalized spacial score (nSPS) is 10.1. The minimum atomic E-state index is 0.810. The molecule has 1 aromatic carbocycles. The van der Waals surface area contributed by atoms with E-state index in [1.165, 1.54) is 11.1 Å². The van der Waals surface area contributed by atoms with Crippen LogP contribution in [0.3, 0.4) is 0 Å². The first kappa shape index (κ1) is 10.7. The summed E-state index contributed by atoms with van der Waals surface area (Å²) >= 11 is 0. The molecule has 2 rings (SSSR count). The number of aromatic nitrogens is 1. The highest BCUT2D eigenvalue weighted by molar-refractivity contribution is 5.36. The van der Waals surface area contributed by atoms with E-state index < -0.39 is 0 Å². The Morgan fingerprint density at radius 2 is 1.94 bits per heavy atom. The van der Waals surface area contributed by atoms with Crippen molar-refractivity contribution >= 4 is 0 Å². The smallest absolute Gasteiger partial charge is 0.122 e. The molecule has 0 N–H and O–H groups in total. The monoisotopic (exact) mass is 213 g/mol. The molecule has 0 aliphatic carbocycles. The number of hydrogen-bond acceptors (Lipinski definition) is 2. The SMILES string of the molecule is COc1ccccc1Cc1ccc(C)cn1. The first-order valence-corrected chi connectivity index (χ1v) is 5.33. The molecular weight excluding hydrogens is 198 g/mol. The lowest BCUT2D eigenvalue weighted by molar-refractivity contribution is 0.410. The average molecular weight is 213 g/mol. The van der Waals surface area contributed by atoms with E-state index >= 15 is 0 Å². The molecule has 0 bridgehead atoms. The van der Waals surface area contributed by atoms with Crippen molar-refractivity contribution in [1.82, 2.24) is 4.98 Å². The van der Waals surface area contributed by atoms with Crippen LogP contribution in [0.2, 0.25) is 0 Å². The minimum Gasteiger partial charge on any atom is -0.496 e. The Balaban J connectivity index is 2.23. The van der Waals surface area contributed by atoms with Gasteiger partial charge in [0.25, 0.3) is 0 Å². The molecule has 16 heavy (non-hydrogen) atoms. The summed E-state index contributed by atoms with van der Waals surface area (Å²) in [5, 5.41) is 0. The first-order chi connectivity index (χ1) is 7.79. The van der Waals surface area contributed by atoms with E-state index in [0.29, 0.717) is 0 Å². The summed E-state index contributed by atoms with van der Waals surface area (Å²) in [6.07, 6.45) is 2.70. The van der Waals surface area contributed by atoms with Crippen LogP contribution in [-0.4, -0.2) is 12.1 Å². The molecule has 1 aromatic heterocycles. The molecular formula is C14H15NO. The quantitative estimate of drug-likeness (QED) is 0.782. The van der Waals surface area contributed by atoms with Gasteiger partial charge >= 0.3 is 0 Å². The summed E-state index contributed by atoms with van der Waals surface area (Å²) in [6.45, 7) is 2.04. The molecule has 82 valence electrons. The summed E-state index contributed by atoms with van der Waals surface area (Å²) in [5.41, 5.74) is 3.42. The molecule has 0 saturated heterocycles. The van der Waals surface area contributed by atoms with E-state index in [-0.39, 0.29) is 0 Å². The zero-order chi connectivity index (χ0) is 11.4. The van der Waals surface area contributed by atoms with Crippen LogP contribution in [-0.2, 0) is 6.42 Å². The Morgan fingerprint density at radius 3 is 2.62 bits per heavy atom. The van der Waals surface area contributed by atoms with Crippen molar-refractivity contribution in [3.63, 3.8) is 0 Å². The fourth-order valence-corrected chi connectivity index (χ4v) is 1.65. The maximum atomic E-state index is 5.31. The van der Waals surface area contributed by atoms with Crippen LogP contribution in [0, 0.1) is 6.92 Å². The van der Waals surface area contributed by atoms with Gasteiger partial charge in [0.2, 0.25) is 0 Å². The zero-order valence-electron chi connectivity index (χ0n) is 9.60. The summed E-state index contributed by atoms with van der Waals surface area (Å²) < 4.78 is 5.31. The van der Waals surface area contributed by atoms with Crippen molar-refractivity contribution in [3.05, 3.63) is 59.4 Å². The Morgan fingerprint density at radius 1 is 1.12 bits per heavy atom. The molecule has 0 fully saturated rings. The maximum Gasteiger partial charge on any atom is 0.122 e. The van der Waals surface area contributed by atoms with E-state index in [2.05, 4.69) is 23.2 Å². The number of benzene rings is 1. The molecule has 0 aliphatic rings. The molecule has 0 unspecified atom stereocenters. The number of pyridine rings is 1. The summed E-state index contributed by atoms with van der Waals surface area (Å²) in [4.78, 5) is 4.39. The molecule has 2 heteroatoms. The summed E-state index contributed by atoms with van der Waals surface area (Å²) in [6, 6.07) is 12.2. The Kier molecular flexibility index (Phi) is 3.20. The predicted octanol–water partition coefficient (Wildman–Crippen LogP) is 2.99. The van der Waals surface area contributed by atoms with Crippen LogP contribution in [0.4, 0.5) is 0 Å². The third-order valence-electron chi connectivity index (χ3n) is 2.54. The largest absolute Gasteiger partial charge is 0.496 e. The summed E-state index contributed by atoms with van der Waals surface area (Å²) in [5.74, 6) is 0.921. The van der Waals surface area contributed by atoms with Gasteiger partial charge in [0.15, 0.2) is 0 Å². The van der Waals surface area contributed by atoms with Crippen LogP contribution < -0.4 is 4.74 Å². The highest BCUT2D eigenvalue weighted by Gasteiger charge is 2.03. The molecule has 0 atom stereocenters. The van der Waals surface area contributed by atoms with Crippen molar-refractivity contribution in [2.45, 2.75) is 13.3 Å². The number of nitrogens with zero attached hydrogens (tertiary/aromatic N) is 1. The van der Waals surface area contributed by atoms with Crippen LogP contribution in [0.25, 0.3) is 0 Å². The van der Waals surface area contributed by atoms with Crippen LogP contribution >= 0.6 is 0 Å². The fourth-order valence-electron chi connectivity index (χ4n) is 1.65. The second-order valence-corrected chi connectivity index (χ2v) is 3.82. The van der Waals surface area contributed by atoms with Gasteiger partial charge in [0, 0.05) is 23.9 Å². The molecule has 0 spiro atoms. The Labute approximate surface area is 95.9 Å². The third kappa shape index (κ3) is 2.40. The highest BCUT2D eigenvalue weighted by Crippen LogP contribution is 2.20. The van der Waals surface area contributed by atoms with E-state index in [1.54, 1.807) is 7.11 Å². The van der Waals surface area contributed by atoms with Crippen molar-refractivity contribution in [2.24, 2.45) is 0 Å². The number of ether oxygens (including phenoxy) is 1. The van der Waals surface area contributed by atoms with Crippen LogP contribution in [0.5, 0.6) is 5.75 Å². The number of rotatable bonds is 3. The number of hydrogen-bond donors (Lipinski definition) is 0. The lowest BCUT2D eigenvalue weighted by Gasteiger charge is -2.07. The van der Waals surface area contributed by atoms with Gasteiger partial charge in [-0.25, -0.2) is 0 Å². The standard InChI is InChI=1S/C14H15NO/c1-11-7-8-13(15-10-11)9-12-5-3-4-6-14(12)16-2/h3-8,10H,9H2,1-2H3. The molecule has 0 aliphatic heterocycles. The van der Waals surface area contributed by atoms with Gasteiger partial charge in [-0.3, -0.25) is 4.98 Å². The Hall–Kier alpha value is -1.83. The van der Waals surface area contributed by atoms with Crippen molar-refractivity contribution < 1.29 is 4.74 Å². The van der Waals surface area contributed by atoms with Gasteiger partial charge in [-0.05, 0) is 24.6 Å². The van der Waals surface area contributed by atoms with Crippen LogP contribution in [0.1, 0.15) is 16.8 Å². The molecule has 0 radical (unpaired) electrons. The van der Waals surface area contributed by atoms with Crippen molar-refractivity contribution in [2.75, 3.05) is 7.11 Å². The molecule has 2 nitrogen and oxygen atoms in total. The van der Waals surface area contributed by atoms with Gasteiger partial charge < -0.3 is 4.74 Å². The van der Waals surface area contributed by atoms with Gasteiger partial charge in [-0.2, -0.15) is 0 Å². The van der Waals surface area contributed by atoms with E-state index in [1.807, 2.05) is 31.3 Å². The highest BCUT2D eigenvalue weighted by atomic mass is 16.5. The Bertz CT molecular complexity index is 462. The molecule has 1 heterocycles. The minimum absolute atomic E-state index is 0.810.